The van der Waals surface area contributed by atoms with E-state index in [1.165, 1.54) is 5.56 Å². The molecule has 1 aromatic rings. The first-order valence-electron chi connectivity index (χ1n) is 5.64. The Bertz CT molecular complexity index is 372. The third-order valence-corrected chi connectivity index (χ3v) is 2.76. The molecule has 16 heavy (non-hydrogen) atoms. The highest BCUT2D eigenvalue weighted by molar-refractivity contribution is 5.37. The zero-order chi connectivity index (χ0) is 11.4. The molecule has 0 fully saturated rings. The number of nitriles is 1. The van der Waals surface area contributed by atoms with E-state index in [2.05, 4.69) is 17.5 Å². The van der Waals surface area contributed by atoms with E-state index in [1.807, 2.05) is 25.1 Å². The second-order valence-corrected chi connectivity index (χ2v) is 4.24. The van der Waals surface area contributed by atoms with Crippen LogP contribution in [0.25, 0.3) is 0 Å². The molecular weight excluding hydrogens is 200 g/mol. The Morgan fingerprint density at radius 3 is 3.12 bits per heavy atom. The summed E-state index contributed by atoms with van der Waals surface area (Å²) in [7, 11) is 0. The average Bonchev–Trinajstić information content (AvgIpc) is 2.71. The summed E-state index contributed by atoms with van der Waals surface area (Å²) in [5.41, 5.74) is 1.28. The highest BCUT2D eigenvalue weighted by atomic mass is 16.5. The predicted molar refractivity (Wildman–Crippen MR) is 62.2 cm³/mol. The van der Waals surface area contributed by atoms with Crippen molar-refractivity contribution in [3.63, 3.8) is 0 Å². The van der Waals surface area contributed by atoms with Crippen LogP contribution in [0, 0.1) is 17.2 Å². The molecule has 0 aromatic heterocycles. The molecule has 1 aromatic carbocycles. The Kier molecular flexibility index (Phi) is 3.43. The quantitative estimate of drug-likeness (QED) is 0.833. The summed E-state index contributed by atoms with van der Waals surface area (Å²) < 4.78 is 5.78. The molecule has 1 N–H and O–H groups in total. The molecular formula is C13H16N2O. The lowest BCUT2D eigenvalue weighted by atomic mass is 10.1. The summed E-state index contributed by atoms with van der Waals surface area (Å²) in [6.45, 7) is 3.45. The van der Waals surface area contributed by atoms with Gasteiger partial charge in [-0.1, -0.05) is 18.2 Å². The highest BCUT2D eigenvalue weighted by Crippen LogP contribution is 2.27. The maximum atomic E-state index is 8.65. The molecule has 0 amide bonds. The number of nitrogens with zero attached hydrogens (tertiary/aromatic N) is 1. The summed E-state index contributed by atoms with van der Waals surface area (Å²) in [5, 5.41) is 11.9. The maximum Gasteiger partial charge on any atom is 0.123 e. The van der Waals surface area contributed by atoms with Crippen molar-refractivity contribution in [3.05, 3.63) is 29.8 Å². The molecule has 1 aliphatic rings. The summed E-state index contributed by atoms with van der Waals surface area (Å²) in [6.07, 6.45) is 1.17. The van der Waals surface area contributed by atoms with E-state index in [0.29, 0.717) is 0 Å². The molecule has 0 saturated heterocycles. The fourth-order valence-corrected chi connectivity index (χ4v) is 1.87. The molecule has 2 unspecified atom stereocenters. The number of hydrogen-bond donors (Lipinski definition) is 1. The van der Waals surface area contributed by atoms with Crippen LogP contribution in [-0.4, -0.2) is 19.2 Å². The molecule has 1 heterocycles. The summed E-state index contributed by atoms with van der Waals surface area (Å²) in [5.74, 6) is 1.06. The molecule has 0 saturated carbocycles. The van der Waals surface area contributed by atoms with Crippen LogP contribution in [0.2, 0.25) is 0 Å². The summed E-state index contributed by atoms with van der Waals surface area (Å²) >= 11 is 0. The Labute approximate surface area is 96.0 Å². The van der Waals surface area contributed by atoms with E-state index in [4.69, 9.17) is 10.00 Å². The molecule has 0 bridgehead atoms. The number of para-hydroxylation sites is 1. The Balaban J connectivity index is 1.78. The van der Waals surface area contributed by atoms with Crippen LogP contribution in [0.3, 0.4) is 0 Å². The van der Waals surface area contributed by atoms with Gasteiger partial charge in [0.15, 0.2) is 0 Å². The van der Waals surface area contributed by atoms with Gasteiger partial charge in [0.05, 0.1) is 12.0 Å². The van der Waals surface area contributed by atoms with Gasteiger partial charge in [-0.2, -0.15) is 5.26 Å². The number of rotatable bonds is 4. The molecule has 3 heteroatoms. The highest BCUT2D eigenvalue weighted by Gasteiger charge is 2.21. The molecule has 1 aliphatic heterocycles. The Morgan fingerprint density at radius 2 is 2.38 bits per heavy atom. The lowest BCUT2D eigenvalue weighted by molar-refractivity contribution is 0.226. The van der Waals surface area contributed by atoms with Gasteiger partial charge >= 0.3 is 0 Å². The standard InChI is InChI=1S/C13H16N2O/c1-10(7-14)8-15-9-12-6-11-4-2-3-5-13(11)16-12/h2-5,10,12,15H,6,8-9H2,1H3. The Hall–Kier alpha value is -1.53. The van der Waals surface area contributed by atoms with Crippen molar-refractivity contribution in [2.24, 2.45) is 5.92 Å². The van der Waals surface area contributed by atoms with Gasteiger partial charge in [-0.3, -0.25) is 0 Å². The van der Waals surface area contributed by atoms with Crippen molar-refractivity contribution in [1.29, 1.82) is 5.26 Å². The first-order valence-corrected chi connectivity index (χ1v) is 5.64. The number of hydrogen-bond acceptors (Lipinski definition) is 3. The zero-order valence-corrected chi connectivity index (χ0v) is 9.44. The smallest absolute Gasteiger partial charge is 0.123 e. The van der Waals surface area contributed by atoms with E-state index in [1.54, 1.807) is 0 Å². The van der Waals surface area contributed by atoms with Crippen LogP contribution in [0.5, 0.6) is 5.75 Å². The van der Waals surface area contributed by atoms with Crippen molar-refractivity contribution in [2.45, 2.75) is 19.4 Å². The van der Waals surface area contributed by atoms with Crippen LogP contribution >= 0.6 is 0 Å². The van der Waals surface area contributed by atoms with Crippen LogP contribution in [0.15, 0.2) is 24.3 Å². The Morgan fingerprint density at radius 1 is 1.56 bits per heavy atom. The van der Waals surface area contributed by atoms with Gasteiger partial charge in [0.1, 0.15) is 11.9 Å². The van der Waals surface area contributed by atoms with E-state index in [-0.39, 0.29) is 12.0 Å². The lowest BCUT2D eigenvalue weighted by Gasteiger charge is -2.12. The topological polar surface area (TPSA) is 45.0 Å². The maximum absolute atomic E-state index is 8.65. The third-order valence-electron chi connectivity index (χ3n) is 2.76. The number of benzene rings is 1. The number of nitrogens with one attached hydrogen (secondary N) is 1. The molecule has 2 rings (SSSR count). The van der Waals surface area contributed by atoms with E-state index in [0.717, 1.165) is 25.3 Å². The second kappa shape index (κ2) is 5.00. The van der Waals surface area contributed by atoms with Crippen molar-refractivity contribution in [2.75, 3.05) is 13.1 Å². The van der Waals surface area contributed by atoms with Gasteiger partial charge in [0.2, 0.25) is 0 Å². The fourth-order valence-electron chi connectivity index (χ4n) is 1.87. The van der Waals surface area contributed by atoms with E-state index in [9.17, 15) is 0 Å². The molecule has 0 radical (unpaired) electrons. The van der Waals surface area contributed by atoms with Crippen LogP contribution < -0.4 is 10.1 Å². The third kappa shape index (κ3) is 2.53. The van der Waals surface area contributed by atoms with E-state index < -0.39 is 0 Å². The summed E-state index contributed by atoms with van der Waals surface area (Å²) in [6, 6.07) is 10.3. The van der Waals surface area contributed by atoms with Gasteiger partial charge in [0.25, 0.3) is 0 Å². The van der Waals surface area contributed by atoms with Gasteiger partial charge in [-0.05, 0) is 18.6 Å². The van der Waals surface area contributed by atoms with Gasteiger partial charge < -0.3 is 10.1 Å². The minimum absolute atomic E-state index is 0.0591. The predicted octanol–water partition coefficient (Wildman–Crippen LogP) is 1.74. The van der Waals surface area contributed by atoms with Crippen molar-refractivity contribution >= 4 is 0 Å². The summed E-state index contributed by atoms with van der Waals surface area (Å²) in [4.78, 5) is 0. The minimum Gasteiger partial charge on any atom is -0.488 e. The monoisotopic (exact) mass is 216 g/mol. The lowest BCUT2D eigenvalue weighted by Crippen LogP contribution is -2.32. The number of fused-ring (bicyclic) bond motifs is 1. The fraction of sp³-hybridized carbons (Fsp3) is 0.462. The zero-order valence-electron chi connectivity index (χ0n) is 9.44. The van der Waals surface area contributed by atoms with Gasteiger partial charge in [0, 0.05) is 19.5 Å². The second-order valence-electron chi connectivity index (χ2n) is 4.24. The molecule has 84 valence electrons. The number of ether oxygens (including phenoxy) is 1. The molecule has 3 nitrogen and oxygen atoms in total. The van der Waals surface area contributed by atoms with Crippen molar-refractivity contribution in [1.82, 2.24) is 5.32 Å². The minimum atomic E-state index is 0.0591. The normalized spacial score (nSPS) is 19.6. The largest absolute Gasteiger partial charge is 0.488 e. The van der Waals surface area contributed by atoms with Crippen LogP contribution in [0.1, 0.15) is 12.5 Å². The molecule has 0 spiro atoms. The molecule has 0 aliphatic carbocycles. The van der Waals surface area contributed by atoms with Crippen molar-refractivity contribution < 1.29 is 4.74 Å². The van der Waals surface area contributed by atoms with Gasteiger partial charge in [-0.15, -0.1) is 0 Å². The van der Waals surface area contributed by atoms with E-state index >= 15 is 0 Å². The van der Waals surface area contributed by atoms with Crippen LogP contribution in [-0.2, 0) is 6.42 Å². The first kappa shape index (κ1) is 11.0. The van der Waals surface area contributed by atoms with Crippen LogP contribution in [0.4, 0.5) is 0 Å². The first-order chi connectivity index (χ1) is 7.79. The van der Waals surface area contributed by atoms with Crippen molar-refractivity contribution in [3.8, 4) is 11.8 Å². The SMILES string of the molecule is CC(C#N)CNCC1Cc2ccccc2O1. The average molecular weight is 216 g/mol. The van der Waals surface area contributed by atoms with Gasteiger partial charge in [-0.25, -0.2) is 0 Å². The molecule has 2 atom stereocenters.